The molecule has 10 nitrogen and oxygen atoms in total. The van der Waals surface area contributed by atoms with Gasteiger partial charge in [-0.1, -0.05) is 13.0 Å². The first kappa shape index (κ1) is 31.5. The molecule has 2 unspecified atom stereocenters. The predicted molar refractivity (Wildman–Crippen MR) is 172 cm³/mol. The van der Waals surface area contributed by atoms with Crippen LogP contribution in [0.2, 0.25) is 0 Å². The molecule has 1 aliphatic carbocycles. The van der Waals surface area contributed by atoms with Gasteiger partial charge in [0.2, 0.25) is 11.8 Å². The van der Waals surface area contributed by atoms with E-state index in [1.165, 1.54) is 13.0 Å². The topological polar surface area (TPSA) is 114 Å². The summed E-state index contributed by atoms with van der Waals surface area (Å²) in [4.78, 5) is 50.6. The van der Waals surface area contributed by atoms with Crippen molar-refractivity contribution in [3.63, 3.8) is 0 Å². The Hall–Kier alpha value is -5.07. The van der Waals surface area contributed by atoms with E-state index < -0.39 is 23.8 Å². The molecule has 2 amide bonds. The Kier molecular flexibility index (Phi) is 7.41. The fourth-order valence-corrected chi connectivity index (χ4v) is 7.69. The minimum absolute atomic E-state index is 0.0308. The SMILES string of the molecule is CC(=O)c1cn(CC(=O)N2C3CCC([C@@H]3C)[C@H]2C(=O)Nc2nc(C(F)(F)F)ccc2C)c2c(C)cc(-c3cnc4cc(C)nn4c3)cc12. The summed E-state index contributed by atoms with van der Waals surface area (Å²) in [6.07, 6.45) is 2.11. The Morgan fingerprint density at radius 3 is 2.50 bits per heavy atom. The zero-order valence-electron chi connectivity index (χ0n) is 27.1. The van der Waals surface area contributed by atoms with Gasteiger partial charge in [-0.3, -0.25) is 14.4 Å². The molecule has 48 heavy (non-hydrogen) atoms. The van der Waals surface area contributed by atoms with E-state index in [0.717, 1.165) is 52.5 Å². The fourth-order valence-electron chi connectivity index (χ4n) is 7.69. The maximum Gasteiger partial charge on any atom is 0.433 e. The van der Waals surface area contributed by atoms with Gasteiger partial charge >= 0.3 is 6.18 Å². The highest BCUT2D eigenvalue weighted by atomic mass is 19.4. The van der Waals surface area contributed by atoms with Crippen LogP contribution in [0.3, 0.4) is 0 Å². The number of nitrogens with zero attached hydrogens (tertiary/aromatic N) is 6. The lowest BCUT2D eigenvalue weighted by molar-refractivity contribution is -0.141. The van der Waals surface area contributed by atoms with Crippen molar-refractivity contribution in [2.24, 2.45) is 11.8 Å². The summed E-state index contributed by atoms with van der Waals surface area (Å²) in [6, 6.07) is 6.86. The number of benzene rings is 1. The molecule has 1 saturated carbocycles. The lowest BCUT2D eigenvalue weighted by Crippen LogP contribution is -2.52. The van der Waals surface area contributed by atoms with Gasteiger partial charge in [0, 0.05) is 47.2 Å². The van der Waals surface area contributed by atoms with Gasteiger partial charge in [0.1, 0.15) is 24.1 Å². The maximum atomic E-state index is 14.2. The van der Waals surface area contributed by atoms with E-state index in [4.69, 9.17) is 0 Å². The molecule has 5 heterocycles. The second kappa shape index (κ2) is 11.3. The zero-order valence-corrected chi connectivity index (χ0v) is 27.1. The standard InChI is InChI=1S/C35H34F3N7O3/c1-17-6-9-28(35(36,37)38)40-33(17)41-34(48)32-24-7-8-27(20(24)4)45(32)30(47)16-43-15-26(21(5)46)25-12-22(10-18(2)31(25)43)23-13-39-29-11-19(3)42-44(29)14-23/h6,9-15,20,24,27,32H,7-8,16H2,1-5H3,(H,40,41,48)/t20-,24?,27?,32-/m0/s1. The summed E-state index contributed by atoms with van der Waals surface area (Å²) >= 11 is 0. The van der Waals surface area contributed by atoms with Crippen LogP contribution >= 0.6 is 0 Å². The highest BCUT2D eigenvalue weighted by Gasteiger charge is 2.55. The molecule has 1 aromatic carbocycles. The van der Waals surface area contributed by atoms with E-state index in [9.17, 15) is 27.6 Å². The number of hydrogen-bond acceptors (Lipinski definition) is 6. The van der Waals surface area contributed by atoms with Crippen molar-refractivity contribution in [3.05, 3.63) is 77.0 Å². The number of aryl methyl sites for hydroxylation is 3. The number of carbonyl (C=O) groups is 3. The zero-order chi connectivity index (χ0) is 34.2. The van der Waals surface area contributed by atoms with Gasteiger partial charge in [0.15, 0.2) is 11.4 Å². The van der Waals surface area contributed by atoms with Crippen LogP contribution in [-0.4, -0.2) is 58.7 Å². The predicted octanol–water partition coefficient (Wildman–Crippen LogP) is 6.16. The van der Waals surface area contributed by atoms with Crippen LogP contribution in [0.15, 0.2) is 48.9 Å². The van der Waals surface area contributed by atoms with Crippen molar-refractivity contribution in [2.45, 2.75) is 72.3 Å². The molecule has 13 heteroatoms. The molecule has 2 aliphatic rings. The summed E-state index contributed by atoms with van der Waals surface area (Å²) in [7, 11) is 0. The normalized spacial score (nSPS) is 20.6. The van der Waals surface area contributed by atoms with Gasteiger partial charge in [0.25, 0.3) is 0 Å². The minimum Gasteiger partial charge on any atom is -0.337 e. The Morgan fingerprint density at radius 1 is 1.00 bits per heavy atom. The van der Waals surface area contributed by atoms with Gasteiger partial charge in [-0.2, -0.15) is 18.3 Å². The van der Waals surface area contributed by atoms with E-state index in [1.807, 2.05) is 45.2 Å². The lowest BCUT2D eigenvalue weighted by atomic mass is 9.93. The third-order valence-electron chi connectivity index (χ3n) is 9.94. The Bertz CT molecular complexity index is 2150. The monoisotopic (exact) mass is 657 g/mol. The molecule has 0 radical (unpaired) electrons. The van der Waals surface area contributed by atoms with Crippen LogP contribution in [0, 0.1) is 32.6 Å². The number of pyridine rings is 1. The smallest absolute Gasteiger partial charge is 0.337 e. The van der Waals surface area contributed by atoms with Gasteiger partial charge < -0.3 is 14.8 Å². The van der Waals surface area contributed by atoms with E-state index in [1.54, 1.807) is 33.3 Å². The highest BCUT2D eigenvalue weighted by molar-refractivity contribution is 6.09. The number of carbonyl (C=O) groups excluding carboxylic acids is 3. The molecule has 4 aromatic heterocycles. The number of aromatic nitrogens is 5. The number of ketones is 1. The highest BCUT2D eigenvalue weighted by Crippen LogP contribution is 2.47. The summed E-state index contributed by atoms with van der Waals surface area (Å²) in [5.41, 5.74) is 4.53. The molecule has 1 saturated heterocycles. The van der Waals surface area contributed by atoms with Crippen LogP contribution in [-0.2, 0) is 22.3 Å². The first-order chi connectivity index (χ1) is 22.7. The summed E-state index contributed by atoms with van der Waals surface area (Å²) in [5.74, 6) is -1.31. The third kappa shape index (κ3) is 5.21. The maximum absolute atomic E-state index is 14.2. The number of likely N-dealkylation sites (tertiary alicyclic amines) is 1. The number of halogens is 3. The van der Waals surface area contributed by atoms with Crippen molar-refractivity contribution in [1.82, 2.24) is 29.0 Å². The van der Waals surface area contributed by atoms with Gasteiger partial charge in [-0.15, -0.1) is 0 Å². The van der Waals surface area contributed by atoms with Crippen LogP contribution < -0.4 is 5.32 Å². The van der Waals surface area contributed by atoms with Gasteiger partial charge in [-0.05, 0) is 87.3 Å². The first-order valence-electron chi connectivity index (χ1n) is 15.8. The first-order valence-corrected chi connectivity index (χ1v) is 15.8. The molecule has 0 spiro atoms. The van der Waals surface area contributed by atoms with E-state index in [-0.39, 0.29) is 41.9 Å². The Balaban J connectivity index is 1.21. The molecule has 2 bridgehead atoms. The number of piperidine rings is 1. The van der Waals surface area contributed by atoms with Crippen LogP contribution in [0.4, 0.5) is 19.0 Å². The van der Waals surface area contributed by atoms with E-state index in [0.29, 0.717) is 16.5 Å². The minimum atomic E-state index is -4.67. The summed E-state index contributed by atoms with van der Waals surface area (Å²) < 4.78 is 43.6. The summed E-state index contributed by atoms with van der Waals surface area (Å²) in [6.45, 7) is 8.75. The second-order valence-electron chi connectivity index (χ2n) is 13.1. The lowest BCUT2D eigenvalue weighted by Gasteiger charge is -2.34. The quantitative estimate of drug-likeness (QED) is 0.219. The average molecular weight is 658 g/mol. The number of anilines is 1. The third-order valence-corrected chi connectivity index (χ3v) is 9.94. The van der Waals surface area contributed by atoms with E-state index in [2.05, 4.69) is 20.4 Å². The molecular formula is C35H34F3N7O3. The van der Waals surface area contributed by atoms with Crippen molar-refractivity contribution in [2.75, 3.05) is 5.32 Å². The number of fused-ring (bicyclic) bond motifs is 4. The molecule has 4 atom stereocenters. The Labute approximate surface area is 274 Å². The average Bonchev–Trinajstić information content (AvgIpc) is 3.76. The number of alkyl halides is 3. The van der Waals surface area contributed by atoms with Crippen LogP contribution in [0.25, 0.3) is 27.7 Å². The summed E-state index contributed by atoms with van der Waals surface area (Å²) in [5, 5.41) is 7.76. The van der Waals surface area contributed by atoms with Gasteiger partial charge in [0.05, 0.1) is 11.2 Å². The number of amides is 2. The fraction of sp³-hybridized carbons (Fsp3) is 0.371. The molecular weight excluding hydrogens is 623 g/mol. The molecule has 5 aromatic rings. The van der Waals surface area contributed by atoms with Crippen LogP contribution in [0.1, 0.15) is 59.6 Å². The van der Waals surface area contributed by atoms with E-state index >= 15 is 0 Å². The van der Waals surface area contributed by atoms with Crippen molar-refractivity contribution >= 4 is 40.0 Å². The largest absolute Gasteiger partial charge is 0.433 e. The molecule has 7 rings (SSSR count). The second-order valence-corrected chi connectivity index (χ2v) is 13.1. The van der Waals surface area contributed by atoms with Crippen molar-refractivity contribution in [3.8, 4) is 11.1 Å². The number of Topliss-reactive ketones (excluding diaryl/α,β-unsaturated/α-hetero) is 1. The Morgan fingerprint density at radius 2 is 1.77 bits per heavy atom. The van der Waals surface area contributed by atoms with Crippen LogP contribution in [0.5, 0.6) is 0 Å². The van der Waals surface area contributed by atoms with Crippen molar-refractivity contribution < 1.29 is 27.6 Å². The molecule has 2 fully saturated rings. The number of hydrogen-bond donors (Lipinski definition) is 1. The number of rotatable bonds is 6. The van der Waals surface area contributed by atoms with Gasteiger partial charge in [-0.25, -0.2) is 14.5 Å². The van der Waals surface area contributed by atoms with Crippen molar-refractivity contribution in [1.29, 1.82) is 0 Å². The molecule has 1 aliphatic heterocycles. The molecule has 248 valence electrons. The number of nitrogens with one attached hydrogen (secondary N) is 1. The molecule has 1 N–H and O–H groups in total.